The second-order valence-corrected chi connectivity index (χ2v) is 4.80. The quantitative estimate of drug-likeness (QED) is 0.699. The first kappa shape index (κ1) is 16.2. The van der Waals surface area contributed by atoms with Crippen LogP contribution in [-0.2, 0) is 24.1 Å². The zero-order chi connectivity index (χ0) is 14.3. The number of aromatic nitrogens is 2. The van der Waals surface area contributed by atoms with Crippen LogP contribution < -0.4 is 5.32 Å². The Morgan fingerprint density at radius 2 is 2.00 bits per heavy atom. The van der Waals surface area contributed by atoms with Crippen molar-refractivity contribution in [3.05, 3.63) is 17.0 Å². The molecule has 19 heavy (non-hydrogen) atoms. The van der Waals surface area contributed by atoms with Crippen LogP contribution in [0.5, 0.6) is 0 Å². The summed E-state index contributed by atoms with van der Waals surface area (Å²) in [6.45, 7) is 11.2. The van der Waals surface area contributed by atoms with Gasteiger partial charge in [-0.25, -0.2) is 0 Å². The van der Waals surface area contributed by atoms with Gasteiger partial charge in [0.1, 0.15) is 0 Å². The van der Waals surface area contributed by atoms with E-state index < -0.39 is 0 Å². The van der Waals surface area contributed by atoms with Gasteiger partial charge in [0.2, 0.25) is 0 Å². The van der Waals surface area contributed by atoms with E-state index in [4.69, 9.17) is 9.84 Å². The Morgan fingerprint density at radius 3 is 2.53 bits per heavy atom. The van der Waals surface area contributed by atoms with Crippen LogP contribution in [0.25, 0.3) is 0 Å². The van der Waals surface area contributed by atoms with Crippen molar-refractivity contribution >= 4 is 0 Å². The van der Waals surface area contributed by atoms with Crippen LogP contribution >= 0.6 is 0 Å². The number of nitrogens with zero attached hydrogens (tertiary/aromatic N) is 2. The van der Waals surface area contributed by atoms with Gasteiger partial charge in [0.05, 0.1) is 5.69 Å². The third-order valence-corrected chi connectivity index (χ3v) is 3.57. The van der Waals surface area contributed by atoms with Crippen molar-refractivity contribution in [3.8, 4) is 0 Å². The van der Waals surface area contributed by atoms with Crippen LogP contribution in [0.15, 0.2) is 0 Å². The monoisotopic (exact) mass is 267 g/mol. The lowest BCUT2D eigenvalue weighted by molar-refractivity contribution is 0.140. The maximum atomic E-state index is 5.41. The molecular weight excluding hydrogens is 238 g/mol. The van der Waals surface area contributed by atoms with Crippen molar-refractivity contribution in [3.63, 3.8) is 0 Å². The number of hydrogen-bond acceptors (Lipinski definition) is 3. The van der Waals surface area contributed by atoms with Crippen LogP contribution in [-0.4, -0.2) is 30.0 Å². The second-order valence-electron chi connectivity index (χ2n) is 4.80. The van der Waals surface area contributed by atoms with Gasteiger partial charge in [-0.2, -0.15) is 5.10 Å². The Labute approximate surface area is 117 Å². The molecule has 0 saturated heterocycles. The summed E-state index contributed by atoms with van der Waals surface area (Å²) in [4.78, 5) is 0. The molecule has 0 aliphatic carbocycles. The van der Waals surface area contributed by atoms with Gasteiger partial charge in [0.25, 0.3) is 0 Å². The largest absolute Gasteiger partial charge is 0.382 e. The Hall–Kier alpha value is -0.870. The summed E-state index contributed by atoms with van der Waals surface area (Å²) in [5, 5.41) is 8.13. The van der Waals surface area contributed by atoms with Crippen LogP contribution in [0.1, 0.15) is 57.1 Å². The number of aryl methyl sites for hydroxylation is 2. The molecule has 0 aliphatic rings. The van der Waals surface area contributed by atoms with Crippen molar-refractivity contribution in [1.82, 2.24) is 15.1 Å². The molecular formula is C15H29N3O. The van der Waals surface area contributed by atoms with Crippen LogP contribution in [0.4, 0.5) is 0 Å². The average Bonchev–Trinajstić information content (AvgIpc) is 2.80. The van der Waals surface area contributed by atoms with E-state index in [-0.39, 0.29) is 0 Å². The minimum atomic E-state index is 0.366. The number of nitrogens with one attached hydrogen (secondary N) is 1. The SMILES string of the molecule is CCOCCCn1nc(CC)c(C(C)NC)c1CC. The Kier molecular flexibility index (Phi) is 7.10. The van der Waals surface area contributed by atoms with Crippen molar-refractivity contribution < 1.29 is 4.74 Å². The summed E-state index contributed by atoms with van der Waals surface area (Å²) in [7, 11) is 2.01. The molecule has 1 heterocycles. The highest BCUT2D eigenvalue weighted by Gasteiger charge is 2.19. The number of rotatable bonds is 9. The first-order chi connectivity index (χ1) is 9.19. The molecule has 4 nitrogen and oxygen atoms in total. The minimum absolute atomic E-state index is 0.366. The Bertz CT molecular complexity index is 374. The highest BCUT2D eigenvalue weighted by molar-refractivity contribution is 5.30. The lowest BCUT2D eigenvalue weighted by Gasteiger charge is -2.13. The summed E-state index contributed by atoms with van der Waals surface area (Å²) in [6.07, 6.45) is 3.05. The predicted molar refractivity (Wildman–Crippen MR) is 79.6 cm³/mol. The van der Waals surface area contributed by atoms with Gasteiger partial charge in [-0.1, -0.05) is 13.8 Å². The topological polar surface area (TPSA) is 39.1 Å². The molecule has 1 rings (SSSR count). The third-order valence-electron chi connectivity index (χ3n) is 3.57. The van der Waals surface area contributed by atoms with E-state index in [1.54, 1.807) is 0 Å². The van der Waals surface area contributed by atoms with E-state index in [0.29, 0.717) is 6.04 Å². The summed E-state index contributed by atoms with van der Waals surface area (Å²) in [5.41, 5.74) is 3.99. The van der Waals surface area contributed by atoms with E-state index in [2.05, 4.69) is 30.8 Å². The maximum Gasteiger partial charge on any atom is 0.0672 e. The molecule has 0 aromatic carbocycles. The minimum Gasteiger partial charge on any atom is -0.382 e. The zero-order valence-electron chi connectivity index (χ0n) is 13.1. The van der Waals surface area contributed by atoms with E-state index in [1.165, 1.54) is 17.0 Å². The van der Waals surface area contributed by atoms with Gasteiger partial charge in [0.15, 0.2) is 0 Å². The first-order valence-electron chi connectivity index (χ1n) is 7.52. The molecule has 0 amide bonds. The van der Waals surface area contributed by atoms with Gasteiger partial charge in [-0.3, -0.25) is 4.68 Å². The third kappa shape index (κ3) is 4.05. The molecule has 0 spiro atoms. The fourth-order valence-electron chi connectivity index (χ4n) is 2.49. The van der Waals surface area contributed by atoms with Crippen molar-refractivity contribution in [2.75, 3.05) is 20.3 Å². The standard InChI is InChI=1S/C15H29N3O/c1-6-13-15(12(4)16-5)14(7-2)18(17-13)10-9-11-19-8-3/h12,16H,6-11H2,1-5H3. The predicted octanol–water partition coefficient (Wildman–Crippen LogP) is 2.71. The summed E-state index contributed by atoms with van der Waals surface area (Å²) >= 11 is 0. The molecule has 0 saturated carbocycles. The molecule has 1 N–H and O–H groups in total. The molecule has 4 heteroatoms. The lowest BCUT2D eigenvalue weighted by atomic mass is 10.0. The van der Waals surface area contributed by atoms with Crippen molar-refractivity contribution in [2.24, 2.45) is 0 Å². The highest BCUT2D eigenvalue weighted by Crippen LogP contribution is 2.23. The second kappa shape index (κ2) is 8.33. The zero-order valence-corrected chi connectivity index (χ0v) is 13.1. The lowest BCUT2D eigenvalue weighted by Crippen LogP contribution is -2.16. The number of hydrogen-bond donors (Lipinski definition) is 1. The summed E-state index contributed by atoms with van der Waals surface area (Å²) in [6, 6.07) is 0.366. The summed E-state index contributed by atoms with van der Waals surface area (Å²) < 4.78 is 7.59. The van der Waals surface area contributed by atoms with Gasteiger partial charge < -0.3 is 10.1 Å². The normalized spacial score (nSPS) is 12.9. The highest BCUT2D eigenvalue weighted by atomic mass is 16.5. The van der Waals surface area contributed by atoms with Gasteiger partial charge in [-0.05, 0) is 40.2 Å². The Morgan fingerprint density at radius 1 is 1.26 bits per heavy atom. The first-order valence-corrected chi connectivity index (χ1v) is 7.52. The average molecular weight is 267 g/mol. The van der Waals surface area contributed by atoms with Crippen LogP contribution in [0.3, 0.4) is 0 Å². The number of ether oxygens (including phenoxy) is 1. The van der Waals surface area contributed by atoms with E-state index in [1.807, 2.05) is 14.0 Å². The molecule has 0 aliphatic heterocycles. The summed E-state index contributed by atoms with van der Waals surface area (Å²) in [5.74, 6) is 0. The molecule has 1 aromatic rings. The molecule has 0 radical (unpaired) electrons. The van der Waals surface area contributed by atoms with Crippen molar-refractivity contribution in [1.29, 1.82) is 0 Å². The molecule has 1 unspecified atom stereocenters. The molecule has 0 bridgehead atoms. The smallest absolute Gasteiger partial charge is 0.0672 e. The van der Waals surface area contributed by atoms with E-state index in [9.17, 15) is 0 Å². The Balaban J connectivity index is 2.88. The van der Waals surface area contributed by atoms with Gasteiger partial charge >= 0.3 is 0 Å². The van der Waals surface area contributed by atoms with Crippen molar-refractivity contribution in [2.45, 2.75) is 59.5 Å². The van der Waals surface area contributed by atoms with E-state index in [0.717, 1.165) is 39.0 Å². The fourth-order valence-corrected chi connectivity index (χ4v) is 2.49. The molecule has 1 atom stereocenters. The molecule has 0 fully saturated rings. The van der Waals surface area contributed by atoms with Crippen LogP contribution in [0.2, 0.25) is 0 Å². The molecule has 1 aromatic heterocycles. The van der Waals surface area contributed by atoms with Crippen LogP contribution in [0, 0.1) is 0 Å². The van der Waals surface area contributed by atoms with E-state index >= 15 is 0 Å². The fraction of sp³-hybridized carbons (Fsp3) is 0.800. The molecule has 110 valence electrons. The maximum absolute atomic E-state index is 5.41. The van der Waals surface area contributed by atoms with Gasteiger partial charge in [-0.15, -0.1) is 0 Å². The van der Waals surface area contributed by atoms with Gasteiger partial charge in [0, 0.05) is 37.1 Å².